The monoisotopic (exact) mass is 427 g/mol. The van der Waals surface area contributed by atoms with Gasteiger partial charge in [-0.1, -0.05) is 50.2 Å². The minimum absolute atomic E-state index is 0.000758. The second-order valence-corrected chi connectivity index (χ2v) is 7.81. The number of nitrogens with two attached hydrogens (primary N) is 1. The van der Waals surface area contributed by atoms with Crippen molar-refractivity contribution in [2.45, 2.75) is 32.7 Å². The molecule has 0 bridgehead atoms. The molecule has 0 aliphatic carbocycles. The summed E-state index contributed by atoms with van der Waals surface area (Å²) in [5.41, 5.74) is 8.87. The minimum atomic E-state index is -1.20. The van der Waals surface area contributed by atoms with Crippen LogP contribution in [0.1, 0.15) is 25.8 Å². The van der Waals surface area contributed by atoms with Crippen molar-refractivity contribution in [1.82, 2.24) is 10.2 Å². The van der Waals surface area contributed by atoms with Gasteiger partial charge in [-0.3, -0.25) is 4.79 Å². The van der Waals surface area contributed by atoms with Crippen LogP contribution in [0.3, 0.4) is 0 Å². The van der Waals surface area contributed by atoms with Crippen molar-refractivity contribution in [2.24, 2.45) is 5.92 Å². The Morgan fingerprint density at radius 1 is 1.06 bits per heavy atom. The molecule has 0 saturated heterocycles. The third kappa shape index (κ3) is 7.33. The molecule has 0 saturated carbocycles. The van der Waals surface area contributed by atoms with Crippen molar-refractivity contribution in [3.63, 3.8) is 0 Å². The molecule has 166 valence electrons. The third-order valence-electron chi connectivity index (χ3n) is 4.70. The number of hydrogen-bond acceptors (Lipinski definition) is 4. The van der Waals surface area contributed by atoms with Crippen LogP contribution in [0.25, 0.3) is 11.1 Å². The first-order valence-corrected chi connectivity index (χ1v) is 10.1. The number of rotatable bonds is 10. The number of amides is 2. The molecule has 0 unspecified atom stereocenters. The number of nitrogens with zero attached hydrogens (tertiary/aromatic N) is 1. The summed E-state index contributed by atoms with van der Waals surface area (Å²) in [6, 6.07) is 13.0. The van der Waals surface area contributed by atoms with Gasteiger partial charge in [0.15, 0.2) is 0 Å². The second-order valence-electron chi connectivity index (χ2n) is 7.81. The van der Waals surface area contributed by atoms with Crippen LogP contribution in [0.15, 0.2) is 48.5 Å². The Labute approximate surface area is 181 Å². The highest BCUT2D eigenvalue weighted by atomic mass is 16.4. The lowest BCUT2D eigenvalue weighted by molar-refractivity contribution is -0.139. The van der Waals surface area contributed by atoms with E-state index in [0.717, 1.165) is 11.1 Å². The average Bonchev–Trinajstić information content (AvgIpc) is 2.70. The molecule has 2 aromatic rings. The number of aliphatic carboxylic acids is 2. The van der Waals surface area contributed by atoms with Crippen molar-refractivity contribution in [1.29, 1.82) is 0 Å². The molecular weight excluding hydrogens is 398 g/mol. The Hall–Kier alpha value is -3.55. The molecule has 2 rings (SSSR count). The zero-order valence-electron chi connectivity index (χ0n) is 17.7. The molecule has 5 N–H and O–H groups in total. The Kier molecular flexibility index (Phi) is 8.43. The summed E-state index contributed by atoms with van der Waals surface area (Å²) in [5, 5.41) is 21.2. The molecular formula is C23H29N3O5. The number of nitrogen functional groups attached to an aromatic ring is 1. The van der Waals surface area contributed by atoms with Gasteiger partial charge in [-0.2, -0.15) is 0 Å². The molecule has 8 heteroatoms. The molecule has 8 nitrogen and oxygen atoms in total. The van der Waals surface area contributed by atoms with E-state index < -0.39 is 24.0 Å². The van der Waals surface area contributed by atoms with Crippen molar-refractivity contribution >= 4 is 23.7 Å². The standard InChI is InChI=1S/C23H29N3O5/c1-15(2)14-26(11-10-21(27)28)23(31)25-20(22(29)30)13-17-12-18(24)8-9-19(17)16-6-4-3-5-7-16/h3-9,12,15,20H,10-11,13-14,24H2,1-2H3,(H,25,31)(H,27,28)(H,29,30)/t20-/m0/s1. The van der Waals surface area contributed by atoms with E-state index in [1.54, 1.807) is 12.1 Å². The maximum absolute atomic E-state index is 12.8. The number of hydrogen-bond donors (Lipinski definition) is 4. The van der Waals surface area contributed by atoms with Crippen molar-refractivity contribution in [2.75, 3.05) is 18.8 Å². The summed E-state index contributed by atoms with van der Waals surface area (Å²) < 4.78 is 0. The topological polar surface area (TPSA) is 133 Å². The van der Waals surface area contributed by atoms with Gasteiger partial charge in [0.05, 0.1) is 6.42 Å². The van der Waals surface area contributed by atoms with Crippen molar-refractivity contribution in [3.05, 3.63) is 54.1 Å². The van der Waals surface area contributed by atoms with E-state index >= 15 is 0 Å². The van der Waals surface area contributed by atoms with Gasteiger partial charge in [-0.25, -0.2) is 9.59 Å². The average molecular weight is 428 g/mol. The molecule has 2 aromatic carbocycles. The lowest BCUT2D eigenvalue weighted by Gasteiger charge is -2.26. The fourth-order valence-electron chi connectivity index (χ4n) is 3.29. The van der Waals surface area contributed by atoms with Crippen LogP contribution in [0, 0.1) is 5.92 Å². The molecule has 0 aliphatic rings. The number of nitrogens with one attached hydrogen (secondary N) is 1. The number of carbonyl (C=O) groups excluding carboxylic acids is 1. The van der Waals surface area contributed by atoms with E-state index in [1.807, 2.05) is 50.2 Å². The Morgan fingerprint density at radius 2 is 1.74 bits per heavy atom. The highest BCUT2D eigenvalue weighted by molar-refractivity contribution is 5.83. The summed E-state index contributed by atoms with van der Waals surface area (Å²) in [4.78, 5) is 36.9. The highest BCUT2D eigenvalue weighted by Crippen LogP contribution is 2.26. The Bertz CT molecular complexity index is 915. The summed E-state index contributed by atoms with van der Waals surface area (Å²) in [5.74, 6) is -2.11. The normalized spacial score (nSPS) is 11.7. The predicted molar refractivity (Wildman–Crippen MR) is 119 cm³/mol. The van der Waals surface area contributed by atoms with Gasteiger partial charge in [0.2, 0.25) is 0 Å². The zero-order valence-corrected chi connectivity index (χ0v) is 17.7. The van der Waals surface area contributed by atoms with Gasteiger partial charge in [0, 0.05) is 25.2 Å². The van der Waals surface area contributed by atoms with Crippen LogP contribution < -0.4 is 11.1 Å². The van der Waals surface area contributed by atoms with E-state index in [4.69, 9.17) is 10.8 Å². The van der Waals surface area contributed by atoms with E-state index in [1.165, 1.54) is 4.90 Å². The van der Waals surface area contributed by atoms with E-state index in [-0.39, 0.29) is 25.3 Å². The molecule has 1 atom stereocenters. The minimum Gasteiger partial charge on any atom is -0.481 e. The number of carboxylic acid groups (broad SMARTS) is 2. The quantitative estimate of drug-likeness (QED) is 0.431. The maximum atomic E-state index is 12.8. The first kappa shape index (κ1) is 23.7. The van der Waals surface area contributed by atoms with Crippen LogP contribution in [0.4, 0.5) is 10.5 Å². The van der Waals surface area contributed by atoms with Gasteiger partial charge < -0.3 is 26.2 Å². The van der Waals surface area contributed by atoms with Crippen LogP contribution in [0.5, 0.6) is 0 Å². The number of urea groups is 1. The molecule has 31 heavy (non-hydrogen) atoms. The summed E-state index contributed by atoms with van der Waals surface area (Å²) in [7, 11) is 0. The first-order valence-electron chi connectivity index (χ1n) is 10.1. The van der Waals surface area contributed by atoms with Crippen LogP contribution in [-0.2, 0) is 16.0 Å². The van der Waals surface area contributed by atoms with Crippen LogP contribution in [0.2, 0.25) is 0 Å². The lowest BCUT2D eigenvalue weighted by Crippen LogP contribution is -2.50. The van der Waals surface area contributed by atoms with Gasteiger partial charge in [0.1, 0.15) is 6.04 Å². The summed E-state index contributed by atoms with van der Waals surface area (Å²) in [6.45, 7) is 4.11. The Balaban J connectivity index is 2.25. The fraction of sp³-hybridized carbons (Fsp3) is 0.348. The molecule has 0 fully saturated rings. The van der Waals surface area contributed by atoms with Gasteiger partial charge in [-0.05, 0) is 34.7 Å². The molecule has 2 amide bonds. The molecule has 0 radical (unpaired) electrons. The highest BCUT2D eigenvalue weighted by Gasteiger charge is 2.25. The van der Waals surface area contributed by atoms with Gasteiger partial charge in [0.25, 0.3) is 0 Å². The second kappa shape index (κ2) is 11.0. The molecule has 0 heterocycles. The van der Waals surface area contributed by atoms with Crippen molar-refractivity contribution < 1.29 is 24.6 Å². The fourth-order valence-corrected chi connectivity index (χ4v) is 3.29. The smallest absolute Gasteiger partial charge is 0.326 e. The van der Waals surface area contributed by atoms with Crippen LogP contribution >= 0.6 is 0 Å². The van der Waals surface area contributed by atoms with Crippen LogP contribution in [-0.4, -0.2) is 52.2 Å². The Morgan fingerprint density at radius 3 is 2.32 bits per heavy atom. The number of carboxylic acids is 2. The SMILES string of the molecule is CC(C)CN(CCC(=O)O)C(=O)N[C@@H](Cc1cc(N)ccc1-c1ccccc1)C(=O)O. The largest absolute Gasteiger partial charge is 0.481 e. The summed E-state index contributed by atoms with van der Waals surface area (Å²) >= 11 is 0. The number of anilines is 1. The number of benzene rings is 2. The molecule has 0 spiro atoms. The summed E-state index contributed by atoms with van der Waals surface area (Å²) in [6.07, 6.45) is -0.184. The van der Waals surface area contributed by atoms with E-state index in [9.17, 15) is 19.5 Å². The zero-order chi connectivity index (χ0) is 23.0. The lowest BCUT2D eigenvalue weighted by atomic mass is 9.94. The maximum Gasteiger partial charge on any atom is 0.326 e. The molecule has 0 aromatic heterocycles. The third-order valence-corrected chi connectivity index (χ3v) is 4.70. The van der Waals surface area contributed by atoms with Gasteiger partial charge >= 0.3 is 18.0 Å². The first-order chi connectivity index (χ1) is 14.7. The van der Waals surface area contributed by atoms with Crippen molar-refractivity contribution in [3.8, 4) is 11.1 Å². The number of carbonyl (C=O) groups is 3. The molecule has 0 aliphatic heterocycles. The predicted octanol–water partition coefficient (Wildman–Crippen LogP) is 3.07. The van der Waals surface area contributed by atoms with E-state index in [0.29, 0.717) is 17.8 Å². The van der Waals surface area contributed by atoms with Gasteiger partial charge in [-0.15, -0.1) is 0 Å². The van der Waals surface area contributed by atoms with E-state index in [2.05, 4.69) is 5.32 Å².